The van der Waals surface area contributed by atoms with Crippen LogP contribution in [0.3, 0.4) is 0 Å². The Morgan fingerprint density at radius 2 is 0.683 bits per heavy atom. The maximum atomic E-state index is 12.7. The molecule has 0 saturated carbocycles. The van der Waals surface area contributed by atoms with Gasteiger partial charge in [-0.05, 0) is 77.0 Å². The monoisotopic (exact) mass is 837 g/mol. The lowest BCUT2D eigenvalue weighted by Crippen LogP contribution is -2.30. The van der Waals surface area contributed by atoms with Gasteiger partial charge in [0.1, 0.15) is 13.2 Å². The van der Waals surface area contributed by atoms with Crippen molar-refractivity contribution >= 4 is 17.9 Å². The minimum atomic E-state index is -0.811. The van der Waals surface area contributed by atoms with E-state index in [-0.39, 0.29) is 31.6 Å². The van der Waals surface area contributed by atoms with Crippen LogP contribution in [0.5, 0.6) is 0 Å². The maximum Gasteiger partial charge on any atom is 0.306 e. The third kappa shape index (κ3) is 45.9. The molecule has 6 nitrogen and oxygen atoms in total. The Labute approximate surface area is 370 Å². The molecule has 60 heavy (non-hydrogen) atoms. The van der Waals surface area contributed by atoms with Crippen LogP contribution in [0.25, 0.3) is 0 Å². The lowest BCUT2D eigenvalue weighted by Gasteiger charge is -2.18. The first-order valence-corrected chi connectivity index (χ1v) is 24.9. The Bertz CT molecular complexity index is 1140. The molecule has 0 saturated heterocycles. The first-order valence-electron chi connectivity index (χ1n) is 24.9. The van der Waals surface area contributed by atoms with E-state index < -0.39 is 12.1 Å². The van der Waals surface area contributed by atoms with Gasteiger partial charge in [0, 0.05) is 19.3 Å². The van der Waals surface area contributed by atoms with E-state index >= 15 is 0 Å². The molecule has 0 aliphatic carbocycles. The minimum Gasteiger partial charge on any atom is -0.462 e. The molecule has 344 valence electrons. The van der Waals surface area contributed by atoms with Gasteiger partial charge in [-0.1, -0.05) is 209 Å². The van der Waals surface area contributed by atoms with Crippen molar-refractivity contribution in [2.24, 2.45) is 0 Å². The Kier molecular flexibility index (Phi) is 46.0. The highest BCUT2D eigenvalue weighted by atomic mass is 16.6. The molecule has 0 N–H and O–H groups in total. The first-order chi connectivity index (χ1) is 29.5. The van der Waals surface area contributed by atoms with Crippen molar-refractivity contribution < 1.29 is 28.6 Å². The summed E-state index contributed by atoms with van der Waals surface area (Å²) in [6.07, 6.45) is 60.6. The SMILES string of the molecule is CC/C=C\C/C=C\C/C=C\C/C=C\CCC(=O)OC(COC(=O)CCCCCCCCCC)COC(=O)CCCCCCCCCCC/C=C\C/C=C\CCCCCCC. The summed E-state index contributed by atoms with van der Waals surface area (Å²) in [5.74, 6) is -0.997. The van der Waals surface area contributed by atoms with E-state index in [1.54, 1.807) is 0 Å². The number of hydrogen-bond acceptors (Lipinski definition) is 6. The minimum absolute atomic E-state index is 0.105. The maximum absolute atomic E-state index is 12.7. The summed E-state index contributed by atoms with van der Waals surface area (Å²) in [6, 6.07) is 0. The second kappa shape index (κ2) is 48.5. The standard InChI is InChI=1S/C54H92O6/c1-4-7-10-13-16-19-21-23-24-25-26-27-28-29-30-32-33-35-38-41-44-47-53(56)59-50-51(49-58-52(55)46-43-40-37-18-15-12-9-6-3)60-54(57)48-45-42-39-36-34-31-22-20-17-14-11-8-5-2/h8,11,17,20-21,23,25-26,31,34,39,42,51H,4-7,9-10,12-16,18-19,22,24,27-30,32-33,35-38,40-41,43-50H2,1-3H3/b11-8-,20-17-,23-21-,26-25-,34-31-,42-39-. The summed E-state index contributed by atoms with van der Waals surface area (Å²) in [7, 11) is 0. The summed E-state index contributed by atoms with van der Waals surface area (Å²) in [4.78, 5) is 37.7. The van der Waals surface area contributed by atoms with E-state index in [9.17, 15) is 14.4 Å². The van der Waals surface area contributed by atoms with Crippen molar-refractivity contribution in [1.29, 1.82) is 0 Å². The molecule has 0 heterocycles. The van der Waals surface area contributed by atoms with Crippen LogP contribution >= 0.6 is 0 Å². The molecule has 0 aliphatic heterocycles. The fourth-order valence-electron chi connectivity index (χ4n) is 6.72. The number of ether oxygens (including phenoxy) is 3. The summed E-state index contributed by atoms with van der Waals surface area (Å²) in [6.45, 7) is 6.41. The molecule has 0 radical (unpaired) electrons. The third-order valence-electron chi connectivity index (χ3n) is 10.5. The van der Waals surface area contributed by atoms with Crippen molar-refractivity contribution in [2.45, 2.75) is 239 Å². The quantitative estimate of drug-likeness (QED) is 0.0263. The van der Waals surface area contributed by atoms with E-state index in [4.69, 9.17) is 14.2 Å². The van der Waals surface area contributed by atoms with Crippen molar-refractivity contribution in [3.05, 3.63) is 72.9 Å². The molecule has 0 fully saturated rings. The fraction of sp³-hybridized carbons (Fsp3) is 0.722. The average molecular weight is 837 g/mol. The normalized spacial score (nSPS) is 12.7. The highest BCUT2D eigenvalue weighted by Crippen LogP contribution is 2.14. The largest absolute Gasteiger partial charge is 0.462 e. The molecular weight excluding hydrogens is 745 g/mol. The predicted octanol–water partition coefficient (Wildman–Crippen LogP) is 16.3. The van der Waals surface area contributed by atoms with Gasteiger partial charge in [0.25, 0.3) is 0 Å². The zero-order chi connectivity index (χ0) is 43.7. The number of rotatable bonds is 44. The lowest BCUT2D eigenvalue weighted by atomic mass is 10.1. The lowest BCUT2D eigenvalue weighted by molar-refractivity contribution is -0.166. The van der Waals surface area contributed by atoms with Gasteiger partial charge in [-0.15, -0.1) is 0 Å². The number of carbonyl (C=O) groups excluding carboxylic acids is 3. The van der Waals surface area contributed by atoms with Gasteiger partial charge in [0.2, 0.25) is 0 Å². The fourth-order valence-corrected chi connectivity index (χ4v) is 6.72. The smallest absolute Gasteiger partial charge is 0.306 e. The number of esters is 3. The van der Waals surface area contributed by atoms with Crippen LogP contribution in [-0.4, -0.2) is 37.2 Å². The second-order valence-electron chi connectivity index (χ2n) is 16.3. The van der Waals surface area contributed by atoms with Crippen molar-refractivity contribution in [2.75, 3.05) is 13.2 Å². The summed E-state index contributed by atoms with van der Waals surface area (Å²) in [5.41, 5.74) is 0. The average Bonchev–Trinajstić information content (AvgIpc) is 3.24. The molecule has 0 aromatic carbocycles. The van der Waals surface area contributed by atoms with Crippen LogP contribution in [0.4, 0.5) is 0 Å². The van der Waals surface area contributed by atoms with Crippen molar-refractivity contribution in [3.8, 4) is 0 Å². The molecule has 0 aromatic heterocycles. The topological polar surface area (TPSA) is 78.9 Å². The van der Waals surface area contributed by atoms with Gasteiger partial charge in [-0.2, -0.15) is 0 Å². The van der Waals surface area contributed by atoms with Crippen LogP contribution in [0.2, 0.25) is 0 Å². The number of unbranched alkanes of at least 4 members (excludes halogenated alkanes) is 21. The zero-order valence-corrected chi connectivity index (χ0v) is 39.2. The third-order valence-corrected chi connectivity index (χ3v) is 10.5. The molecule has 0 spiro atoms. The molecule has 0 amide bonds. The second-order valence-corrected chi connectivity index (χ2v) is 16.3. The highest BCUT2D eigenvalue weighted by Gasteiger charge is 2.19. The molecular formula is C54H92O6. The Morgan fingerprint density at radius 1 is 0.350 bits per heavy atom. The molecule has 1 atom stereocenters. The molecule has 6 heteroatoms. The first kappa shape index (κ1) is 56.9. The van der Waals surface area contributed by atoms with E-state index in [0.29, 0.717) is 19.3 Å². The van der Waals surface area contributed by atoms with Gasteiger partial charge < -0.3 is 14.2 Å². The molecule has 1 unspecified atom stereocenters. The van der Waals surface area contributed by atoms with E-state index in [1.807, 2.05) is 12.2 Å². The Balaban J connectivity index is 4.32. The van der Waals surface area contributed by atoms with Crippen LogP contribution < -0.4 is 0 Å². The summed E-state index contributed by atoms with van der Waals surface area (Å²) >= 11 is 0. The van der Waals surface area contributed by atoms with E-state index in [0.717, 1.165) is 70.6 Å². The van der Waals surface area contributed by atoms with E-state index in [2.05, 4.69) is 81.5 Å². The van der Waals surface area contributed by atoms with Gasteiger partial charge in [-0.25, -0.2) is 0 Å². The van der Waals surface area contributed by atoms with Crippen molar-refractivity contribution in [1.82, 2.24) is 0 Å². The molecule has 0 aromatic rings. The van der Waals surface area contributed by atoms with E-state index in [1.165, 1.54) is 116 Å². The molecule has 0 rings (SSSR count). The van der Waals surface area contributed by atoms with Crippen LogP contribution in [0.1, 0.15) is 233 Å². The number of carbonyl (C=O) groups is 3. The highest BCUT2D eigenvalue weighted by molar-refractivity contribution is 5.71. The predicted molar refractivity (Wildman–Crippen MR) is 256 cm³/mol. The molecule has 0 bridgehead atoms. The summed E-state index contributed by atoms with van der Waals surface area (Å²) in [5, 5.41) is 0. The van der Waals surface area contributed by atoms with Crippen LogP contribution in [-0.2, 0) is 28.6 Å². The van der Waals surface area contributed by atoms with Gasteiger partial charge in [-0.3, -0.25) is 14.4 Å². The van der Waals surface area contributed by atoms with Crippen LogP contribution in [0.15, 0.2) is 72.9 Å². The Hall–Kier alpha value is -3.15. The number of hydrogen-bond donors (Lipinski definition) is 0. The van der Waals surface area contributed by atoms with Gasteiger partial charge in [0.15, 0.2) is 6.10 Å². The summed E-state index contributed by atoms with van der Waals surface area (Å²) < 4.78 is 16.6. The Morgan fingerprint density at radius 3 is 1.08 bits per heavy atom. The molecule has 0 aliphatic rings. The van der Waals surface area contributed by atoms with Gasteiger partial charge in [0.05, 0.1) is 0 Å². The van der Waals surface area contributed by atoms with Crippen LogP contribution in [0, 0.1) is 0 Å². The zero-order valence-electron chi connectivity index (χ0n) is 39.2. The van der Waals surface area contributed by atoms with Gasteiger partial charge >= 0.3 is 17.9 Å². The number of allylic oxidation sites excluding steroid dienone is 12. The van der Waals surface area contributed by atoms with Crippen molar-refractivity contribution in [3.63, 3.8) is 0 Å².